The van der Waals surface area contributed by atoms with Crippen LogP contribution in [-0.2, 0) is 11.2 Å². The Morgan fingerprint density at radius 1 is 0.800 bits per heavy atom. The van der Waals surface area contributed by atoms with Gasteiger partial charge in [0.2, 0.25) is 0 Å². The summed E-state index contributed by atoms with van der Waals surface area (Å²) < 4.78 is 10.9. The lowest BCUT2D eigenvalue weighted by Crippen LogP contribution is -2.54. The van der Waals surface area contributed by atoms with Crippen LogP contribution >= 0.6 is 0 Å². The van der Waals surface area contributed by atoms with Gasteiger partial charge in [-0.25, -0.2) is 0 Å². The molecule has 35 heavy (non-hydrogen) atoms. The van der Waals surface area contributed by atoms with Crippen LogP contribution in [0.15, 0.2) is 72.8 Å². The second kappa shape index (κ2) is 9.30. The zero-order valence-electron chi connectivity index (χ0n) is 18.5. The maximum absolute atomic E-state index is 13.2. The van der Waals surface area contributed by atoms with E-state index in [1.165, 1.54) is 6.07 Å². The van der Waals surface area contributed by atoms with Gasteiger partial charge in [-0.3, -0.25) is 34.9 Å². The summed E-state index contributed by atoms with van der Waals surface area (Å²) >= 11 is 0. The molecule has 5 rings (SSSR count). The first kappa shape index (κ1) is 22.1. The maximum atomic E-state index is 13.2. The number of fused-ring (bicyclic) bond motifs is 2. The van der Waals surface area contributed by atoms with Gasteiger partial charge in [0, 0.05) is 12.0 Å². The molecule has 0 aromatic heterocycles. The Kier molecular flexibility index (Phi) is 5.88. The van der Waals surface area contributed by atoms with Crippen LogP contribution in [0.3, 0.4) is 0 Å². The lowest BCUT2D eigenvalue weighted by molar-refractivity contribution is -0.125. The van der Waals surface area contributed by atoms with Gasteiger partial charge < -0.3 is 9.47 Å². The highest BCUT2D eigenvalue weighted by Gasteiger charge is 2.42. The van der Waals surface area contributed by atoms with Crippen molar-refractivity contribution in [2.45, 2.75) is 12.5 Å². The van der Waals surface area contributed by atoms with E-state index in [1.54, 1.807) is 60.7 Å². The molecule has 1 atom stereocenters. The number of carbonyl (C=O) groups excluding carboxylic acids is 4. The number of rotatable bonds is 5. The number of imide groups is 1. The SMILES string of the molecule is O=C(NNC(=O)[C@H](Cc1ccccc1)N1C(=O)c2ccccc2C1=O)c1ccc2c(c1)OCCO2. The minimum Gasteiger partial charge on any atom is -0.486 e. The van der Waals surface area contributed by atoms with E-state index >= 15 is 0 Å². The number of hydrazine groups is 1. The highest BCUT2D eigenvalue weighted by Crippen LogP contribution is 2.30. The molecule has 0 aliphatic carbocycles. The summed E-state index contributed by atoms with van der Waals surface area (Å²) in [6.07, 6.45) is 0.0814. The molecular weight excluding hydrogens is 450 g/mol. The van der Waals surface area contributed by atoms with Crippen molar-refractivity contribution in [3.63, 3.8) is 0 Å². The summed E-state index contributed by atoms with van der Waals surface area (Å²) in [4.78, 5) is 53.0. The van der Waals surface area contributed by atoms with Gasteiger partial charge in [-0.1, -0.05) is 42.5 Å². The molecular formula is C26H21N3O6. The van der Waals surface area contributed by atoms with E-state index in [-0.39, 0.29) is 23.1 Å². The number of hydrogen-bond acceptors (Lipinski definition) is 6. The number of nitrogens with zero attached hydrogens (tertiary/aromatic N) is 1. The van der Waals surface area contributed by atoms with Gasteiger partial charge in [0.1, 0.15) is 19.3 Å². The predicted molar refractivity (Wildman–Crippen MR) is 124 cm³/mol. The molecule has 0 bridgehead atoms. The zero-order valence-corrected chi connectivity index (χ0v) is 18.5. The van der Waals surface area contributed by atoms with Gasteiger partial charge in [0.15, 0.2) is 11.5 Å². The molecule has 4 amide bonds. The van der Waals surface area contributed by atoms with Crippen molar-refractivity contribution in [3.8, 4) is 11.5 Å². The predicted octanol–water partition coefficient (Wildman–Crippen LogP) is 2.13. The number of nitrogens with one attached hydrogen (secondary N) is 2. The van der Waals surface area contributed by atoms with Gasteiger partial charge in [-0.2, -0.15) is 0 Å². The summed E-state index contributed by atoms with van der Waals surface area (Å²) in [5.74, 6) is -1.43. The minimum atomic E-state index is -1.18. The third kappa shape index (κ3) is 4.31. The highest BCUT2D eigenvalue weighted by molar-refractivity contribution is 6.22. The summed E-state index contributed by atoms with van der Waals surface area (Å²) in [5, 5.41) is 0. The molecule has 0 saturated carbocycles. The van der Waals surface area contributed by atoms with Crippen LogP contribution in [-0.4, -0.2) is 47.8 Å². The molecule has 0 unspecified atom stereocenters. The molecule has 176 valence electrons. The molecule has 9 nitrogen and oxygen atoms in total. The third-order valence-electron chi connectivity index (χ3n) is 5.82. The molecule has 0 spiro atoms. The van der Waals surface area contributed by atoms with Crippen molar-refractivity contribution < 1.29 is 28.7 Å². The van der Waals surface area contributed by atoms with Gasteiger partial charge in [-0.05, 0) is 35.9 Å². The van der Waals surface area contributed by atoms with Crippen LogP contribution in [0.25, 0.3) is 0 Å². The fourth-order valence-corrected chi connectivity index (χ4v) is 4.09. The van der Waals surface area contributed by atoms with E-state index in [0.717, 1.165) is 10.5 Å². The van der Waals surface area contributed by atoms with Crippen molar-refractivity contribution in [1.82, 2.24) is 15.8 Å². The average molecular weight is 471 g/mol. The summed E-state index contributed by atoms with van der Waals surface area (Å²) in [7, 11) is 0. The van der Waals surface area contributed by atoms with Gasteiger partial charge in [0.05, 0.1) is 11.1 Å². The molecule has 3 aromatic rings. The van der Waals surface area contributed by atoms with Crippen molar-refractivity contribution in [3.05, 3.63) is 95.1 Å². The molecule has 0 saturated heterocycles. The van der Waals surface area contributed by atoms with E-state index in [4.69, 9.17) is 9.47 Å². The lowest BCUT2D eigenvalue weighted by Gasteiger charge is -2.25. The zero-order chi connectivity index (χ0) is 24.4. The molecule has 2 aliphatic heterocycles. The maximum Gasteiger partial charge on any atom is 0.269 e. The van der Waals surface area contributed by atoms with Crippen LogP contribution in [0.4, 0.5) is 0 Å². The van der Waals surface area contributed by atoms with Gasteiger partial charge in [0.25, 0.3) is 23.6 Å². The number of carbonyl (C=O) groups is 4. The van der Waals surface area contributed by atoms with Crippen LogP contribution in [0.5, 0.6) is 11.5 Å². The quantitative estimate of drug-likeness (QED) is 0.435. The van der Waals surface area contributed by atoms with E-state index in [2.05, 4.69) is 10.9 Å². The van der Waals surface area contributed by atoms with Crippen molar-refractivity contribution in [1.29, 1.82) is 0 Å². The van der Waals surface area contributed by atoms with Crippen LogP contribution in [0.1, 0.15) is 36.6 Å². The van der Waals surface area contributed by atoms with E-state index in [0.29, 0.717) is 24.7 Å². The van der Waals surface area contributed by atoms with E-state index < -0.39 is 29.7 Å². The second-order valence-electron chi connectivity index (χ2n) is 8.03. The monoisotopic (exact) mass is 471 g/mol. The Morgan fingerprint density at radius 3 is 2.11 bits per heavy atom. The number of amides is 4. The lowest BCUT2D eigenvalue weighted by atomic mass is 10.0. The minimum absolute atomic E-state index is 0.0814. The Hall–Kier alpha value is -4.66. The molecule has 2 heterocycles. The number of hydrogen-bond donors (Lipinski definition) is 2. The smallest absolute Gasteiger partial charge is 0.269 e. The van der Waals surface area contributed by atoms with Crippen molar-refractivity contribution in [2.75, 3.05) is 13.2 Å². The Labute approximate surface area is 200 Å². The van der Waals surface area contributed by atoms with Gasteiger partial charge >= 0.3 is 0 Å². The standard InChI is InChI=1S/C26H21N3O6/c30-23(17-10-11-21-22(15-17)35-13-12-34-21)27-28-24(31)20(14-16-6-2-1-3-7-16)29-25(32)18-8-4-5-9-19(18)26(29)33/h1-11,15,20H,12-14H2,(H,27,30)(H,28,31)/t20-/m0/s1. The molecule has 0 fully saturated rings. The summed E-state index contributed by atoms with van der Waals surface area (Å²) in [6, 6.07) is 18.9. The third-order valence-corrected chi connectivity index (χ3v) is 5.82. The van der Waals surface area contributed by atoms with E-state index in [1.807, 2.05) is 6.07 Å². The molecule has 3 aromatic carbocycles. The van der Waals surface area contributed by atoms with Crippen LogP contribution < -0.4 is 20.3 Å². The normalized spacial score (nSPS) is 14.8. The largest absolute Gasteiger partial charge is 0.486 e. The summed E-state index contributed by atoms with van der Waals surface area (Å²) in [6.45, 7) is 0.797. The Morgan fingerprint density at radius 2 is 1.43 bits per heavy atom. The summed E-state index contributed by atoms with van der Waals surface area (Å²) in [5.41, 5.74) is 6.21. The van der Waals surface area contributed by atoms with Gasteiger partial charge in [-0.15, -0.1) is 0 Å². The average Bonchev–Trinajstić information content (AvgIpc) is 3.15. The molecule has 2 aliphatic rings. The Bertz CT molecular complexity index is 1290. The molecule has 2 N–H and O–H groups in total. The first-order chi connectivity index (χ1) is 17.0. The van der Waals surface area contributed by atoms with Crippen LogP contribution in [0, 0.1) is 0 Å². The second-order valence-corrected chi connectivity index (χ2v) is 8.03. The fraction of sp³-hybridized carbons (Fsp3) is 0.154. The molecule has 0 radical (unpaired) electrons. The topological polar surface area (TPSA) is 114 Å². The van der Waals surface area contributed by atoms with E-state index in [9.17, 15) is 19.2 Å². The van der Waals surface area contributed by atoms with Crippen molar-refractivity contribution in [2.24, 2.45) is 0 Å². The van der Waals surface area contributed by atoms with Crippen molar-refractivity contribution >= 4 is 23.6 Å². The first-order valence-corrected chi connectivity index (χ1v) is 11.0. The van der Waals surface area contributed by atoms with Crippen LogP contribution in [0.2, 0.25) is 0 Å². The Balaban J connectivity index is 1.35. The molecule has 9 heteroatoms. The first-order valence-electron chi connectivity index (χ1n) is 11.0. The number of benzene rings is 3. The number of ether oxygens (including phenoxy) is 2. The fourth-order valence-electron chi connectivity index (χ4n) is 4.09. The highest BCUT2D eigenvalue weighted by atomic mass is 16.6.